The Morgan fingerprint density at radius 3 is 2.58 bits per heavy atom. The molecule has 122 valence electrons. The number of aliphatic imine (C=N–C) groups is 1. The fraction of sp³-hybridized carbons (Fsp3) is 0.176. The second-order valence-corrected chi connectivity index (χ2v) is 8.30. The van der Waals surface area contributed by atoms with Crippen LogP contribution in [-0.4, -0.2) is 34.4 Å². The molecular weight excluding hydrogens is 339 g/mol. The Morgan fingerprint density at radius 2 is 1.92 bits per heavy atom. The number of rotatable bonds is 3. The highest BCUT2D eigenvalue weighted by Crippen LogP contribution is 2.47. The topological polar surface area (TPSA) is 42.6 Å². The maximum Gasteiger partial charge on any atom is 0.173 e. The summed E-state index contributed by atoms with van der Waals surface area (Å²) in [6.45, 7) is 2.02. The van der Waals surface area contributed by atoms with Gasteiger partial charge in [0.05, 0.1) is 21.6 Å². The van der Waals surface area contributed by atoms with Gasteiger partial charge in [-0.05, 0) is 30.5 Å². The SMILES string of the molecule is COP1c2c(C)nn(-c3ccccc3)c2N=C(c2cccs2)N1C. The van der Waals surface area contributed by atoms with Gasteiger partial charge in [0.1, 0.15) is 0 Å². The van der Waals surface area contributed by atoms with Gasteiger partial charge in [0.25, 0.3) is 0 Å². The summed E-state index contributed by atoms with van der Waals surface area (Å²) >= 11 is 1.68. The van der Waals surface area contributed by atoms with Gasteiger partial charge in [-0.25, -0.2) is 9.67 Å². The fourth-order valence-electron chi connectivity index (χ4n) is 2.82. The van der Waals surface area contributed by atoms with E-state index in [0.717, 1.165) is 33.2 Å². The molecule has 0 saturated heterocycles. The molecule has 0 radical (unpaired) electrons. The van der Waals surface area contributed by atoms with Crippen LogP contribution >= 0.6 is 19.6 Å². The highest BCUT2D eigenvalue weighted by molar-refractivity contribution is 7.60. The summed E-state index contributed by atoms with van der Waals surface area (Å²) < 4.78 is 9.90. The molecule has 2 aromatic heterocycles. The van der Waals surface area contributed by atoms with E-state index < -0.39 is 8.30 Å². The molecule has 0 spiro atoms. The summed E-state index contributed by atoms with van der Waals surface area (Å²) in [7, 11) is 2.84. The molecule has 7 heteroatoms. The minimum absolute atomic E-state index is 0.869. The van der Waals surface area contributed by atoms with Crippen molar-refractivity contribution >= 4 is 36.6 Å². The fourth-order valence-corrected chi connectivity index (χ4v) is 5.33. The monoisotopic (exact) mass is 356 g/mol. The predicted molar refractivity (Wildman–Crippen MR) is 100 cm³/mol. The minimum atomic E-state index is -0.955. The summed E-state index contributed by atoms with van der Waals surface area (Å²) in [6, 6.07) is 14.2. The Hall–Kier alpha value is -2.01. The zero-order chi connectivity index (χ0) is 16.7. The van der Waals surface area contributed by atoms with Gasteiger partial charge in [-0.2, -0.15) is 5.10 Å². The van der Waals surface area contributed by atoms with Gasteiger partial charge >= 0.3 is 0 Å². The lowest BCUT2D eigenvalue weighted by Crippen LogP contribution is -2.31. The number of hydrogen-bond acceptors (Lipinski definition) is 5. The van der Waals surface area contributed by atoms with Crippen molar-refractivity contribution in [2.24, 2.45) is 4.99 Å². The molecule has 0 N–H and O–H groups in total. The second-order valence-electron chi connectivity index (χ2n) is 5.40. The summed E-state index contributed by atoms with van der Waals surface area (Å²) in [6.07, 6.45) is 0. The molecule has 1 unspecified atom stereocenters. The van der Waals surface area contributed by atoms with E-state index in [9.17, 15) is 0 Å². The van der Waals surface area contributed by atoms with E-state index in [2.05, 4.69) is 16.1 Å². The second kappa shape index (κ2) is 6.13. The van der Waals surface area contributed by atoms with Crippen LogP contribution in [-0.2, 0) is 4.52 Å². The molecule has 3 aromatic rings. The maximum absolute atomic E-state index is 5.85. The first kappa shape index (κ1) is 15.5. The van der Waals surface area contributed by atoms with Crippen LogP contribution in [0.4, 0.5) is 5.82 Å². The number of nitrogens with zero attached hydrogens (tertiary/aromatic N) is 4. The predicted octanol–water partition coefficient (Wildman–Crippen LogP) is 3.85. The third kappa shape index (κ3) is 2.38. The first-order valence-electron chi connectivity index (χ1n) is 7.56. The number of thiophene rings is 1. The van der Waals surface area contributed by atoms with Crippen LogP contribution in [0.2, 0.25) is 0 Å². The van der Waals surface area contributed by atoms with Gasteiger partial charge in [-0.15, -0.1) is 11.3 Å². The van der Waals surface area contributed by atoms with Gasteiger partial charge < -0.3 is 9.19 Å². The lowest BCUT2D eigenvalue weighted by Gasteiger charge is -2.31. The molecule has 0 amide bonds. The molecule has 0 saturated carbocycles. The highest BCUT2D eigenvalue weighted by Gasteiger charge is 2.34. The van der Waals surface area contributed by atoms with Crippen LogP contribution in [0.3, 0.4) is 0 Å². The molecule has 1 atom stereocenters. The van der Waals surface area contributed by atoms with Crippen LogP contribution in [0, 0.1) is 6.92 Å². The van der Waals surface area contributed by atoms with Gasteiger partial charge in [0.2, 0.25) is 0 Å². The van der Waals surface area contributed by atoms with Crippen molar-refractivity contribution in [1.29, 1.82) is 0 Å². The van der Waals surface area contributed by atoms with Crippen LogP contribution in [0.1, 0.15) is 10.6 Å². The molecule has 24 heavy (non-hydrogen) atoms. The highest BCUT2D eigenvalue weighted by atomic mass is 32.1. The average molecular weight is 356 g/mol. The van der Waals surface area contributed by atoms with E-state index in [1.165, 1.54) is 0 Å². The Bertz CT molecular complexity index is 889. The number of aromatic nitrogens is 2. The van der Waals surface area contributed by atoms with Crippen molar-refractivity contribution in [3.05, 3.63) is 58.4 Å². The zero-order valence-corrected chi connectivity index (χ0v) is 15.4. The van der Waals surface area contributed by atoms with Crippen LogP contribution in [0.15, 0.2) is 52.8 Å². The van der Waals surface area contributed by atoms with Crippen molar-refractivity contribution in [3.63, 3.8) is 0 Å². The smallest absolute Gasteiger partial charge is 0.173 e. The number of hydrogen-bond donors (Lipinski definition) is 0. The van der Waals surface area contributed by atoms with Crippen molar-refractivity contribution in [1.82, 2.24) is 14.5 Å². The number of amidine groups is 1. The van der Waals surface area contributed by atoms with E-state index >= 15 is 0 Å². The Kier molecular flexibility index (Phi) is 3.96. The Labute approximate surface area is 146 Å². The van der Waals surface area contributed by atoms with Crippen molar-refractivity contribution in [3.8, 4) is 5.69 Å². The molecule has 1 aliphatic heterocycles. The van der Waals surface area contributed by atoms with Gasteiger partial charge in [0, 0.05) is 14.2 Å². The molecule has 0 aliphatic carbocycles. The zero-order valence-electron chi connectivity index (χ0n) is 13.7. The van der Waals surface area contributed by atoms with Gasteiger partial charge in [-0.3, -0.25) is 0 Å². The summed E-state index contributed by atoms with van der Waals surface area (Å²) in [5.74, 6) is 1.80. The summed E-state index contributed by atoms with van der Waals surface area (Å²) in [5, 5.41) is 7.88. The molecule has 4 rings (SSSR count). The average Bonchev–Trinajstić information content (AvgIpc) is 3.24. The van der Waals surface area contributed by atoms with Crippen molar-refractivity contribution in [2.75, 3.05) is 14.2 Å². The normalized spacial score (nSPS) is 16.9. The van der Waals surface area contributed by atoms with Gasteiger partial charge in [0.15, 0.2) is 20.0 Å². The van der Waals surface area contributed by atoms with E-state index in [4.69, 9.17) is 14.6 Å². The number of benzene rings is 1. The molecule has 3 heterocycles. The van der Waals surface area contributed by atoms with Crippen molar-refractivity contribution < 1.29 is 4.52 Å². The minimum Gasteiger partial charge on any atom is -0.339 e. The first-order valence-corrected chi connectivity index (χ1v) is 9.65. The van der Waals surface area contributed by atoms with Crippen LogP contribution in [0.5, 0.6) is 0 Å². The third-order valence-electron chi connectivity index (χ3n) is 3.90. The maximum atomic E-state index is 5.85. The van der Waals surface area contributed by atoms with Crippen LogP contribution < -0.4 is 5.30 Å². The first-order chi connectivity index (χ1) is 11.7. The summed E-state index contributed by atoms with van der Waals surface area (Å²) in [5.41, 5.74) is 1.97. The molecule has 0 bridgehead atoms. The van der Waals surface area contributed by atoms with Crippen LogP contribution in [0.25, 0.3) is 5.69 Å². The molecule has 1 aliphatic rings. The largest absolute Gasteiger partial charge is 0.339 e. The lowest BCUT2D eigenvalue weighted by molar-refractivity contribution is 0.441. The van der Waals surface area contributed by atoms with E-state index in [1.54, 1.807) is 18.4 Å². The van der Waals surface area contributed by atoms with Crippen molar-refractivity contribution in [2.45, 2.75) is 6.92 Å². The molecule has 5 nitrogen and oxygen atoms in total. The number of aryl methyl sites for hydroxylation is 1. The Balaban J connectivity index is 1.95. The standard InChI is InChI=1S/C17H17N4OPS/c1-12-15-17(21(19-12)13-8-5-4-6-9-13)18-16(14-10-7-11-24-14)20(2)23(15)22-3/h4-11H,1-3H3. The van der Waals surface area contributed by atoms with E-state index in [0.29, 0.717) is 0 Å². The molecular formula is C17H17N4OPS. The molecule has 1 aromatic carbocycles. The number of fused-ring (bicyclic) bond motifs is 1. The quantitative estimate of drug-likeness (QED) is 0.670. The molecule has 0 fully saturated rings. The summed E-state index contributed by atoms with van der Waals surface area (Å²) in [4.78, 5) is 6.08. The number of para-hydroxylation sites is 1. The van der Waals surface area contributed by atoms with E-state index in [-0.39, 0.29) is 0 Å². The van der Waals surface area contributed by atoms with E-state index in [1.807, 2.05) is 55.1 Å². The Morgan fingerprint density at radius 1 is 1.12 bits per heavy atom. The lowest BCUT2D eigenvalue weighted by atomic mass is 10.3. The van der Waals surface area contributed by atoms with Gasteiger partial charge in [-0.1, -0.05) is 24.3 Å². The third-order valence-corrected chi connectivity index (χ3v) is 6.75.